The van der Waals surface area contributed by atoms with Gasteiger partial charge in [-0.2, -0.15) is 0 Å². The van der Waals surface area contributed by atoms with Crippen molar-refractivity contribution in [1.29, 1.82) is 0 Å². The third kappa shape index (κ3) is 17.5. The molecular formula is C18H34O5. The zero-order valence-electron chi connectivity index (χ0n) is 14.8. The quantitative estimate of drug-likeness (QED) is 0.328. The lowest BCUT2D eigenvalue weighted by molar-refractivity contribution is -0.00327. The molecule has 0 radical (unpaired) electrons. The molecule has 5 nitrogen and oxygen atoms in total. The van der Waals surface area contributed by atoms with Crippen LogP contribution in [0.25, 0.3) is 0 Å². The second-order valence-electron chi connectivity index (χ2n) is 5.44. The highest BCUT2D eigenvalue weighted by Crippen LogP contribution is 2.11. The summed E-state index contributed by atoms with van der Waals surface area (Å²) in [6.07, 6.45) is 6.35. The molecule has 0 aliphatic heterocycles. The van der Waals surface area contributed by atoms with Crippen LogP contribution in [0.5, 0.6) is 0 Å². The standard InChI is InChI=1S/C18H34O5/c1-4-17(2)5-6-18(3)7-9-20-11-13-22-15-16-23-14-12-21-10-8-19/h4,7,17,19H,1,5-6,8-16H2,2-3H3/b18-7+. The van der Waals surface area contributed by atoms with E-state index in [1.165, 1.54) is 5.57 Å². The second kappa shape index (κ2) is 17.6. The first-order chi connectivity index (χ1) is 11.2. The molecule has 0 spiro atoms. The molecule has 1 atom stereocenters. The van der Waals surface area contributed by atoms with Gasteiger partial charge in [0, 0.05) is 0 Å². The first-order valence-corrected chi connectivity index (χ1v) is 8.40. The number of aliphatic hydroxyl groups excluding tert-OH is 1. The number of hydrogen-bond acceptors (Lipinski definition) is 5. The summed E-state index contributed by atoms with van der Waals surface area (Å²) >= 11 is 0. The highest BCUT2D eigenvalue weighted by molar-refractivity contribution is 4.98. The van der Waals surface area contributed by atoms with E-state index in [1.54, 1.807) is 0 Å². The Morgan fingerprint density at radius 2 is 1.48 bits per heavy atom. The zero-order chi connectivity index (χ0) is 17.2. The topological polar surface area (TPSA) is 57.2 Å². The number of allylic oxidation sites excluding steroid dienone is 2. The number of hydrogen-bond donors (Lipinski definition) is 1. The molecule has 0 amide bonds. The molecule has 23 heavy (non-hydrogen) atoms. The Labute approximate surface area is 141 Å². The van der Waals surface area contributed by atoms with Gasteiger partial charge in [-0.1, -0.05) is 24.6 Å². The highest BCUT2D eigenvalue weighted by atomic mass is 16.6. The van der Waals surface area contributed by atoms with E-state index in [1.807, 2.05) is 6.08 Å². The molecule has 0 saturated heterocycles. The van der Waals surface area contributed by atoms with Gasteiger partial charge in [-0.3, -0.25) is 0 Å². The van der Waals surface area contributed by atoms with Gasteiger partial charge in [-0.15, -0.1) is 6.58 Å². The predicted molar refractivity (Wildman–Crippen MR) is 92.7 cm³/mol. The van der Waals surface area contributed by atoms with E-state index >= 15 is 0 Å². The molecule has 0 aliphatic carbocycles. The molecule has 0 aromatic heterocycles. The lowest BCUT2D eigenvalue weighted by Crippen LogP contribution is -2.12. The predicted octanol–water partition coefficient (Wildman–Crippen LogP) is 2.59. The molecule has 0 aliphatic rings. The van der Waals surface area contributed by atoms with Crippen molar-refractivity contribution in [3.8, 4) is 0 Å². The van der Waals surface area contributed by atoms with Crippen molar-refractivity contribution in [2.75, 3.05) is 59.5 Å². The van der Waals surface area contributed by atoms with Gasteiger partial charge in [-0.25, -0.2) is 0 Å². The summed E-state index contributed by atoms with van der Waals surface area (Å²) in [5.41, 5.74) is 1.36. The summed E-state index contributed by atoms with van der Waals surface area (Å²) in [6, 6.07) is 0. The van der Waals surface area contributed by atoms with Crippen LogP contribution in [0.2, 0.25) is 0 Å². The van der Waals surface area contributed by atoms with Crippen molar-refractivity contribution in [3.63, 3.8) is 0 Å². The molecule has 1 unspecified atom stereocenters. The van der Waals surface area contributed by atoms with E-state index in [4.69, 9.17) is 24.1 Å². The van der Waals surface area contributed by atoms with Gasteiger partial charge in [0.15, 0.2) is 0 Å². The summed E-state index contributed by atoms with van der Waals surface area (Å²) in [7, 11) is 0. The maximum atomic E-state index is 8.51. The van der Waals surface area contributed by atoms with Crippen LogP contribution in [0.1, 0.15) is 26.7 Å². The Morgan fingerprint density at radius 1 is 0.957 bits per heavy atom. The van der Waals surface area contributed by atoms with Gasteiger partial charge < -0.3 is 24.1 Å². The van der Waals surface area contributed by atoms with Gasteiger partial charge in [-0.05, 0) is 25.7 Å². The Balaban J connectivity index is 3.25. The van der Waals surface area contributed by atoms with E-state index < -0.39 is 0 Å². The third-order valence-corrected chi connectivity index (χ3v) is 3.30. The van der Waals surface area contributed by atoms with E-state index in [0.29, 0.717) is 58.8 Å². The smallest absolute Gasteiger partial charge is 0.0704 e. The van der Waals surface area contributed by atoms with Crippen molar-refractivity contribution >= 4 is 0 Å². The molecule has 0 rings (SSSR count). The van der Waals surface area contributed by atoms with Gasteiger partial charge in [0.2, 0.25) is 0 Å². The summed E-state index contributed by atoms with van der Waals surface area (Å²) in [6.45, 7) is 12.4. The second-order valence-corrected chi connectivity index (χ2v) is 5.44. The monoisotopic (exact) mass is 330 g/mol. The summed E-state index contributed by atoms with van der Waals surface area (Å²) in [5, 5.41) is 8.51. The molecular weight excluding hydrogens is 296 g/mol. The Bertz CT molecular complexity index is 291. The molecule has 0 fully saturated rings. The van der Waals surface area contributed by atoms with Crippen LogP contribution < -0.4 is 0 Å². The highest BCUT2D eigenvalue weighted by Gasteiger charge is 1.97. The fourth-order valence-electron chi connectivity index (χ4n) is 1.68. The van der Waals surface area contributed by atoms with Crippen LogP contribution in [0.15, 0.2) is 24.3 Å². The molecule has 0 saturated carbocycles. The van der Waals surface area contributed by atoms with Crippen LogP contribution in [0.3, 0.4) is 0 Å². The van der Waals surface area contributed by atoms with E-state index in [9.17, 15) is 0 Å². The molecule has 1 N–H and O–H groups in total. The summed E-state index contributed by atoms with van der Waals surface area (Å²) in [5.74, 6) is 0.566. The lowest BCUT2D eigenvalue weighted by Gasteiger charge is -2.07. The van der Waals surface area contributed by atoms with Crippen molar-refractivity contribution in [2.24, 2.45) is 5.92 Å². The zero-order valence-corrected chi connectivity index (χ0v) is 14.8. The van der Waals surface area contributed by atoms with Gasteiger partial charge >= 0.3 is 0 Å². The normalized spacial score (nSPS) is 13.3. The van der Waals surface area contributed by atoms with E-state index in [2.05, 4.69) is 26.5 Å². The SMILES string of the molecule is C=CC(C)CC/C(C)=C/COCCOCCOCCOCCO. The number of ether oxygens (including phenoxy) is 4. The first-order valence-electron chi connectivity index (χ1n) is 8.40. The summed E-state index contributed by atoms with van der Waals surface area (Å²) < 4.78 is 21.3. The number of rotatable bonds is 17. The average Bonchev–Trinajstić information content (AvgIpc) is 2.56. The minimum absolute atomic E-state index is 0.0474. The molecule has 136 valence electrons. The molecule has 0 bridgehead atoms. The maximum Gasteiger partial charge on any atom is 0.0704 e. The van der Waals surface area contributed by atoms with Crippen molar-refractivity contribution in [3.05, 3.63) is 24.3 Å². The Kier molecular flexibility index (Phi) is 17.1. The molecule has 5 heteroatoms. The largest absolute Gasteiger partial charge is 0.394 e. The molecule has 0 aromatic carbocycles. The first kappa shape index (κ1) is 22.3. The van der Waals surface area contributed by atoms with E-state index in [0.717, 1.165) is 12.8 Å². The Morgan fingerprint density at radius 3 is 2.00 bits per heavy atom. The number of aliphatic hydroxyl groups is 1. The van der Waals surface area contributed by atoms with Crippen molar-refractivity contribution < 1.29 is 24.1 Å². The molecule has 0 aromatic rings. The van der Waals surface area contributed by atoms with Crippen LogP contribution in [-0.4, -0.2) is 64.6 Å². The molecule has 0 heterocycles. The van der Waals surface area contributed by atoms with Crippen LogP contribution in [0.4, 0.5) is 0 Å². The van der Waals surface area contributed by atoms with Crippen LogP contribution in [-0.2, 0) is 18.9 Å². The minimum Gasteiger partial charge on any atom is -0.394 e. The summed E-state index contributed by atoms with van der Waals surface area (Å²) in [4.78, 5) is 0. The van der Waals surface area contributed by atoms with Gasteiger partial charge in [0.1, 0.15) is 0 Å². The van der Waals surface area contributed by atoms with Crippen molar-refractivity contribution in [1.82, 2.24) is 0 Å². The fraction of sp³-hybridized carbons (Fsp3) is 0.778. The maximum absolute atomic E-state index is 8.51. The van der Waals surface area contributed by atoms with Gasteiger partial charge in [0.25, 0.3) is 0 Å². The van der Waals surface area contributed by atoms with Crippen LogP contribution in [0, 0.1) is 5.92 Å². The van der Waals surface area contributed by atoms with Gasteiger partial charge in [0.05, 0.1) is 59.5 Å². The van der Waals surface area contributed by atoms with E-state index in [-0.39, 0.29) is 6.61 Å². The third-order valence-electron chi connectivity index (χ3n) is 3.30. The lowest BCUT2D eigenvalue weighted by atomic mass is 10.0. The Hall–Kier alpha value is -0.720. The average molecular weight is 330 g/mol. The van der Waals surface area contributed by atoms with Crippen LogP contribution >= 0.6 is 0 Å². The van der Waals surface area contributed by atoms with Crippen molar-refractivity contribution in [2.45, 2.75) is 26.7 Å². The fourth-order valence-corrected chi connectivity index (χ4v) is 1.68. The minimum atomic E-state index is 0.0474.